The zero-order chi connectivity index (χ0) is 12.3. The van der Waals surface area contributed by atoms with Crippen molar-refractivity contribution < 1.29 is 24.5 Å². The van der Waals surface area contributed by atoms with Crippen LogP contribution in [0.3, 0.4) is 0 Å². The summed E-state index contributed by atoms with van der Waals surface area (Å²) < 4.78 is 4.94. The van der Waals surface area contributed by atoms with Gasteiger partial charge in [-0.05, 0) is 41.5 Å². The third-order valence-corrected chi connectivity index (χ3v) is 2.30. The van der Waals surface area contributed by atoms with Crippen LogP contribution in [0.15, 0.2) is 0 Å². The van der Waals surface area contributed by atoms with E-state index >= 15 is 0 Å². The first-order chi connectivity index (χ1) is 6.58. The summed E-state index contributed by atoms with van der Waals surface area (Å²) in [5.74, 6) is 0. The highest BCUT2D eigenvalue weighted by atomic mass is 17.2. The smallest absolute Gasteiger partial charge is 0.402 e. The molecule has 0 fully saturated rings. The van der Waals surface area contributed by atoms with Crippen LogP contribution in [0.4, 0.5) is 0 Å². The maximum atomic E-state index is 8.77. The third-order valence-electron chi connectivity index (χ3n) is 2.30. The van der Waals surface area contributed by atoms with Crippen LogP contribution in [0.2, 0.25) is 0 Å². The van der Waals surface area contributed by atoms with Crippen LogP contribution in [-0.4, -0.2) is 34.7 Å². The van der Waals surface area contributed by atoms with E-state index in [2.05, 4.69) is 0 Å². The first-order valence-corrected chi connectivity index (χ1v) is 4.97. The summed E-state index contributed by atoms with van der Waals surface area (Å²) >= 11 is 0. The van der Waals surface area contributed by atoms with E-state index in [-0.39, 0.29) is 6.10 Å². The van der Waals surface area contributed by atoms with Gasteiger partial charge in [0.15, 0.2) is 0 Å². The lowest BCUT2D eigenvalue weighted by Gasteiger charge is -2.40. The minimum absolute atomic E-state index is 0.0703. The average molecular weight is 220 g/mol. The molecule has 15 heavy (non-hydrogen) atoms. The fraction of sp³-hybridized carbons (Fsp3) is 1.00. The van der Waals surface area contributed by atoms with Crippen LogP contribution in [0.1, 0.15) is 41.5 Å². The first kappa shape index (κ1) is 14.9. The van der Waals surface area contributed by atoms with Gasteiger partial charge in [0, 0.05) is 0 Å². The molecule has 0 aromatic rings. The maximum Gasteiger partial charge on any atom is 0.634 e. The molecule has 0 rings (SSSR count). The van der Waals surface area contributed by atoms with Gasteiger partial charge in [0.05, 0.1) is 11.7 Å². The van der Waals surface area contributed by atoms with Gasteiger partial charge in [-0.3, -0.25) is 0 Å². The van der Waals surface area contributed by atoms with E-state index in [1.54, 1.807) is 27.7 Å². The van der Waals surface area contributed by atoms with Gasteiger partial charge in [0.1, 0.15) is 5.60 Å². The largest absolute Gasteiger partial charge is 0.634 e. The summed E-state index contributed by atoms with van der Waals surface area (Å²) in [4.78, 5) is 10.2. The molecule has 0 saturated carbocycles. The van der Waals surface area contributed by atoms with Gasteiger partial charge in [-0.15, -0.1) is 0 Å². The van der Waals surface area contributed by atoms with Gasteiger partial charge in [-0.25, -0.2) is 9.78 Å². The minimum Gasteiger partial charge on any atom is -0.402 e. The van der Waals surface area contributed by atoms with Gasteiger partial charge in [-0.2, -0.15) is 0 Å². The Labute approximate surface area is 91.4 Å². The molecule has 2 N–H and O–H groups in total. The van der Waals surface area contributed by atoms with Crippen molar-refractivity contribution in [1.29, 1.82) is 0 Å². The van der Waals surface area contributed by atoms with Crippen LogP contribution >= 0.6 is 0 Å². The highest BCUT2D eigenvalue weighted by Gasteiger charge is 2.43. The normalized spacial score (nSPS) is 13.4. The molecule has 0 aliphatic rings. The topological polar surface area (TPSA) is 68.2 Å². The summed E-state index contributed by atoms with van der Waals surface area (Å²) in [6.07, 6.45) is -0.0703. The summed E-state index contributed by atoms with van der Waals surface area (Å²) in [5.41, 5.74) is -1.70. The fourth-order valence-electron chi connectivity index (χ4n) is 0.722. The lowest BCUT2D eigenvalue weighted by molar-refractivity contribution is -0.395. The SMILES string of the molecule is CC(C)OOC(C)(C)C(C)(C)OB(O)O. The van der Waals surface area contributed by atoms with E-state index in [0.29, 0.717) is 0 Å². The van der Waals surface area contributed by atoms with Crippen molar-refractivity contribution in [3.05, 3.63) is 0 Å². The Bertz CT molecular complexity index is 191. The van der Waals surface area contributed by atoms with Crippen molar-refractivity contribution in [3.63, 3.8) is 0 Å². The fourth-order valence-corrected chi connectivity index (χ4v) is 0.722. The molecule has 0 bridgehead atoms. The Morgan fingerprint density at radius 2 is 1.47 bits per heavy atom. The van der Waals surface area contributed by atoms with Gasteiger partial charge >= 0.3 is 7.32 Å². The average Bonchev–Trinajstić information content (AvgIpc) is 1.98. The Hall–Kier alpha value is -0.135. The lowest BCUT2D eigenvalue weighted by atomic mass is 9.88. The van der Waals surface area contributed by atoms with E-state index < -0.39 is 18.5 Å². The monoisotopic (exact) mass is 220 g/mol. The Balaban J connectivity index is 4.40. The zero-order valence-electron chi connectivity index (χ0n) is 10.3. The molecule has 0 heterocycles. The lowest BCUT2D eigenvalue weighted by Crippen LogP contribution is -2.52. The first-order valence-electron chi connectivity index (χ1n) is 4.97. The molecular formula is C9H21BO5. The Morgan fingerprint density at radius 3 is 1.80 bits per heavy atom. The molecule has 0 saturated heterocycles. The quantitative estimate of drug-likeness (QED) is 0.395. The van der Waals surface area contributed by atoms with Crippen molar-refractivity contribution >= 4 is 7.32 Å². The predicted octanol–water partition coefficient (Wildman–Crippen LogP) is 0.886. The van der Waals surface area contributed by atoms with Crippen LogP contribution in [0, 0.1) is 0 Å². The number of hydrogen-bond acceptors (Lipinski definition) is 5. The van der Waals surface area contributed by atoms with Gasteiger partial charge in [-0.1, -0.05) is 0 Å². The maximum absolute atomic E-state index is 8.77. The second-order valence-electron chi connectivity index (χ2n) is 4.69. The van der Waals surface area contributed by atoms with Gasteiger partial charge in [0.25, 0.3) is 0 Å². The second-order valence-corrected chi connectivity index (χ2v) is 4.69. The molecular weight excluding hydrogens is 199 g/mol. The molecule has 0 radical (unpaired) electrons. The van der Waals surface area contributed by atoms with E-state index in [1.165, 1.54) is 0 Å². The second kappa shape index (κ2) is 5.27. The van der Waals surface area contributed by atoms with Gasteiger partial charge < -0.3 is 14.7 Å². The molecule has 0 aromatic heterocycles. The van der Waals surface area contributed by atoms with Crippen molar-refractivity contribution in [2.75, 3.05) is 0 Å². The predicted molar refractivity (Wildman–Crippen MR) is 56.7 cm³/mol. The van der Waals surface area contributed by atoms with Crippen molar-refractivity contribution in [2.24, 2.45) is 0 Å². The highest BCUT2D eigenvalue weighted by molar-refractivity contribution is 6.32. The molecule has 0 aliphatic heterocycles. The van der Waals surface area contributed by atoms with Crippen LogP contribution in [0.25, 0.3) is 0 Å². The van der Waals surface area contributed by atoms with Crippen molar-refractivity contribution in [1.82, 2.24) is 0 Å². The van der Waals surface area contributed by atoms with Crippen LogP contribution in [0.5, 0.6) is 0 Å². The molecule has 6 heteroatoms. The van der Waals surface area contributed by atoms with Crippen molar-refractivity contribution in [3.8, 4) is 0 Å². The third kappa shape index (κ3) is 4.95. The van der Waals surface area contributed by atoms with E-state index in [9.17, 15) is 0 Å². The van der Waals surface area contributed by atoms with E-state index in [1.807, 2.05) is 13.8 Å². The summed E-state index contributed by atoms with van der Waals surface area (Å²) in [7, 11) is -1.83. The summed E-state index contributed by atoms with van der Waals surface area (Å²) in [6.45, 7) is 10.6. The Kier molecular flexibility index (Phi) is 5.22. The molecule has 0 aromatic carbocycles. The highest BCUT2D eigenvalue weighted by Crippen LogP contribution is 2.29. The summed E-state index contributed by atoms with van der Waals surface area (Å²) in [5, 5.41) is 17.5. The molecule has 90 valence electrons. The molecule has 0 unspecified atom stereocenters. The Morgan fingerprint density at radius 1 is 1.00 bits per heavy atom. The van der Waals surface area contributed by atoms with Gasteiger partial charge in [0.2, 0.25) is 0 Å². The van der Waals surface area contributed by atoms with Crippen LogP contribution in [-0.2, 0) is 14.4 Å². The zero-order valence-corrected chi connectivity index (χ0v) is 10.3. The van der Waals surface area contributed by atoms with E-state index in [4.69, 9.17) is 24.5 Å². The molecule has 0 amide bonds. The summed E-state index contributed by atoms with van der Waals surface area (Å²) in [6, 6.07) is 0. The van der Waals surface area contributed by atoms with Crippen LogP contribution < -0.4 is 0 Å². The molecule has 0 atom stereocenters. The number of hydrogen-bond donors (Lipinski definition) is 2. The molecule has 5 nitrogen and oxygen atoms in total. The standard InChI is InChI=1S/C9H21BO5/c1-7(2)13-15-9(5,6)8(3,4)14-10(11)12/h7,11-12H,1-6H3. The molecule has 0 spiro atoms. The van der Waals surface area contributed by atoms with Crippen molar-refractivity contribution in [2.45, 2.75) is 58.8 Å². The minimum atomic E-state index is -1.83. The number of rotatable bonds is 6. The molecule has 0 aliphatic carbocycles. The van der Waals surface area contributed by atoms with E-state index in [0.717, 1.165) is 0 Å².